The molecule has 0 unspecified atom stereocenters. The zero-order valence-corrected chi connectivity index (χ0v) is 15.5. The van der Waals surface area contributed by atoms with Gasteiger partial charge in [0.1, 0.15) is 11.5 Å². The summed E-state index contributed by atoms with van der Waals surface area (Å²) < 4.78 is 15.9. The first-order chi connectivity index (χ1) is 14.0. The van der Waals surface area contributed by atoms with E-state index in [1.54, 1.807) is 24.3 Å². The second kappa shape index (κ2) is 8.65. The monoisotopic (exact) mass is 396 g/mol. The topological polar surface area (TPSA) is 130 Å². The maximum absolute atomic E-state index is 12.1. The Morgan fingerprint density at radius 1 is 1.17 bits per heavy atom. The lowest BCUT2D eigenvalue weighted by atomic mass is 10.2. The lowest BCUT2D eigenvalue weighted by molar-refractivity contribution is -0.384. The van der Waals surface area contributed by atoms with E-state index in [2.05, 4.69) is 15.5 Å². The van der Waals surface area contributed by atoms with Gasteiger partial charge in [-0.3, -0.25) is 20.2 Å². The number of nitrogens with zero attached hydrogens (tertiary/aromatic N) is 3. The van der Waals surface area contributed by atoms with E-state index in [0.29, 0.717) is 22.6 Å². The van der Waals surface area contributed by atoms with Crippen molar-refractivity contribution < 1.29 is 23.6 Å². The highest BCUT2D eigenvalue weighted by atomic mass is 16.6. The smallest absolute Gasteiger partial charge is 0.322 e. The molecule has 1 amide bonds. The van der Waals surface area contributed by atoms with Crippen LogP contribution in [-0.2, 0) is 4.79 Å². The van der Waals surface area contributed by atoms with E-state index in [0.717, 1.165) is 0 Å². The van der Waals surface area contributed by atoms with Crippen LogP contribution in [0.4, 0.5) is 11.7 Å². The van der Waals surface area contributed by atoms with Crippen LogP contribution in [0.5, 0.6) is 11.5 Å². The fourth-order valence-electron chi connectivity index (χ4n) is 2.42. The summed E-state index contributed by atoms with van der Waals surface area (Å²) in [5.41, 5.74) is 0.940. The Hall–Kier alpha value is -4.21. The fraction of sp³-hybridized carbons (Fsp3) is 0.105. The lowest BCUT2D eigenvalue weighted by Gasteiger charge is -2.07. The van der Waals surface area contributed by atoms with Gasteiger partial charge in [0.25, 0.3) is 17.5 Å². The maximum Gasteiger partial charge on any atom is 0.322 e. The Balaban J connectivity index is 1.73. The van der Waals surface area contributed by atoms with Crippen LogP contribution >= 0.6 is 0 Å². The van der Waals surface area contributed by atoms with Crippen LogP contribution in [0.15, 0.2) is 53.0 Å². The van der Waals surface area contributed by atoms with Crippen LogP contribution in [0.2, 0.25) is 0 Å². The molecule has 0 aliphatic heterocycles. The number of nitrogens with one attached hydrogen (secondary N) is 1. The summed E-state index contributed by atoms with van der Waals surface area (Å²) in [7, 11) is 3.03. The highest BCUT2D eigenvalue weighted by molar-refractivity contribution is 6.00. The first-order valence-corrected chi connectivity index (χ1v) is 8.29. The summed E-state index contributed by atoms with van der Waals surface area (Å²) in [5.74, 6) is 0.672. The molecule has 1 N–H and O–H groups in total. The SMILES string of the molecule is COc1ccc(OC)c(-c2nnc(NC(=O)/C=C/c3cccc([N+](=O)[O-])c3)o2)c1. The number of anilines is 1. The molecule has 1 aromatic heterocycles. The molecule has 0 fully saturated rings. The van der Waals surface area contributed by atoms with Crippen LogP contribution in [0.25, 0.3) is 17.5 Å². The third-order valence-corrected chi connectivity index (χ3v) is 3.80. The molecule has 0 spiro atoms. The molecule has 0 saturated carbocycles. The number of carbonyl (C=O) groups excluding carboxylic acids is 1. The number of carbonyl (C=O) groups is 1. The van der Waals surface area contributed by atoms with Gasteiger partial charge in [0, 0.05) is 18.2 Å². The highest BCUT2D eigenvalue weighted by Gasteiger charge is 2.15. The number of hydrogen-bond acceptors (Lipinski definition) is 8. The fourth-order valence-corrected chi connectivity index (χ4v) is 2.42. The predicted molar refractivity (Wildman–Crippen MR) is 104 cm³/mol. The van der Waals surface area contributed by atoms with Crippen molar-refractivity contribution >= 4 is 23.7 Å². The molecule has 3 rings (SSSR count). The zero-order valence-electron chi connectivity index (χ0n) is 15.5. The number of methoxy groups -OCH3 is 2. The second-order valence-electron chi connectivity index (χ2n) is 5.65. The van der Waals surface area contributed by atoms with E-state index >= 15 is 0 Å². The van der Waals surface area contributed by atoms with Gasteiger partial charge in [-0.25, -0.2) is 0 Å². The minimum Gasteiger partial charge on any atom is -0.497 e. The van der Waals surface area contributed by atoms with Gasteiger partial charge in [-0.15, -0.1) is 5.10 Å². The van der Waals surface area contributed by atoms with Gasteiger partial charge in [0.15, 0.2) is 0 Å². The molecule has 10 nitrogen and oxygen atoms in total. The third-order valence-electron chi connectivity index (χ3n) is 3.80. The summed E-state index contributed by atoms with van der Waals surface area (Å²) in [6, 6.07) is 10.9. The number of rotatable bonds is 7. The average Bonchev–Trinajstić information content (AvgIpc) is 3.20. The molecule has 0 bridgehead atoms. The zero-order chi connectivity index (χ0) is 20.8. The van der Waals surface area contributed by atoms with Crippen molar-refractivity contribution in [2.45, 2.75) is 0 Å². The van der Waals surface area contributed by atoms with E-state index in [-0.39, 0.29) is 17.6 Å². The molecule has 148 valence electrons. The van der Waals surface area contributed by atoms with Crippen LogP contribution < -0.4 is 14.8 Å². The summed E-state index contributed by atoms with van der Waals surface area (Å²) in [6.07, 6.45) is 2.64. The van der Waals surface area contributed by atoms with Crippen LogP contribution in [0.1, 0.15) is 5.56 Å². The van der Waals surface area contributed by atoms with E-state index in [1.807, 2.05) is 0 Å². The first-order valence-electron chi connectivity index (χ1n) is 8.29. The van der Waals surface area contributed by atoms with Gasteiger partial charge in [-0.05, 0) is 29.8 Å². The van der Waals surface area contributed by atoms with Crippen molar-refractivity contribution in [3.63, 3.8) is 0 Å². The van der Waals surface area contributed by atoms with Gasteiger partial charge in [-0.2, -0.15) is 0 Å². The Labute approximate surface area is 164 Å². The molecular formula is C19H16N4O6. The molecule has 0 radical (unpaired) electrons. The standard InChI is InChI=1S/C19H16N4O6/c1-27-14-7-8-16(28-2)15(11-14)18-21-22-19(29-18)20-17(24)9-6-12-4-3-5-13(10-12)23(25)26/h3-11H,1-2H3,(H,20,22,24)/b9-6+. The summed E-state index contributed by atoms with van der Waals surface area (Å²) >= 11 is 0. The Morgan fingerprint density at radius 3 is 2.72 bits per heavy atom. The van der Waals surface area contributed by atoms with Gasteiger partial charge >= 0.3 is 6.01 Å². The quantitative estimate of drug-likeness (QED) is 0.366. The number of benzene rings is 2. The van der Waals surface area contributed by atoms with Crippen molar-refractivity contribution in [2.24, 2.45) is 0 Å². The normalized spacial score (nSPS) is 10.7. The Bertz CT molecular complexity index is 1080. The highest BCUT2D eigenvalue weighted by Crippen LogP contribution is 2.33. The molecule has 29 heavy (non-hydrogen) atoms. The van der Waals surface area contributed by atoms with Crippen molar-refractivity contribution in [3.8, 4) is 23.0 Å². The van der Waals surface area contributed by atoms with Crippen molar-refractivity contribution in [1.82, 2.24) is 10.2 Å². The number of non-ortho nitro benzene ring substituents is 1. The Kier molecular flexibility index (Phi) is 5.83. The minimum absolute atomic E-state index is 0.0682. The second-order valence-corrected chi connectivity index (χ2v) is 5.65. The minimum atomic E-state index is -0.538. The molecule has 0 saturated heterocycles. The van der Waals surface area contributed by atoms with E-state index in [1.165, 1.54) is 44.6 Å². The average molecular weight is 396 g/mol. The molecular weight excluding hydrogens is 380 g/mol. The largest absolute Gasteiger partial charge is 0.497 e. The van der Waals surface area contributed by atoms with Gasteiger partial charge in [0.05, 0.1) is 24.7 Å². The molecule has 1 heterocycles. The van der Waals surface area contributed by atoms with Gasteiger partial charge < -0.3 is 13.9 Å². The molecule has 3 aromatic rings. The molecule has 0 atom stereocenters. The number of nitro groups is 1. The lowest BCUT2D eigenvalue weighted by Crippen LogP contribution is -2.07. The van der Waals surface area contributed by atoms with E-state index in [4.69, 9.17) is 13.9 Å². The molecule has 10 heteroatoms. The van der Waals surface area contributed by atoms with Crippen LogP contribution in [-0.4, -0.2) is 35.2 Å². The summed E-state index contributed by atoms with van der Waals surface area (Å²) in [4.78, 5) is 22.4. The van der Waals surface area contributed by atoms with Gasteiger partial charge in [0.2, 0.25) is 0 Å². The number of amides is 1. The first kappa shape index (κ1) is 19.5. The number of nitro benzene ring substituents is 1. The van der Waals surface area contributed by atoms with Crippen LogP contribution in [0.3, 0.4) is 0 Å². The Morgan fingerprint density at radius 2 is 2.00 bits per heavy atom. The van der Waals surface area contributed by atoms with Crippen molar-refractivity contribution in [2.75, 3.05) is 19.5 Å². The number of hydrogen-bond donors (Lipinski definition) is 1. The maximum atomic E-state index is 12.1. The summed E-state index contributed by atoms with van der Waals surface area (Å²) in [6.45, 7) is 0. The van der Waals surface area contributed by atoms with Crippen molar-refractivity contribution in [1.29, 1.82) is 0 Å². The van der Waals surface area contributed by atoms with Crippen molar-refractivity contribution in [3.05, 3.63) is 64.2 Å². The van der Waals surface area contributed by atoms with E-state index in [9.17, 15) is 14.9 Å². The molecule has 0 aliphatic rings. The molecule has 0 aliphatic carbocycles. The third kappa shape index (κ3) is 4.75. The van der Waals surface area contributed by atoms with E-state index < -0.39 is 10.8 Å². The molecule has 2 aromatic carbocycles. The number of ether oxygens (including phenoxy) is 2. The number of aromatic nitrogens is 2. The van der Waals surface area contributed by atoms with Crippen LogP contribution in [0, 0.1) is 10.1 Å². The predicted octanol–water partition coefficient (Wildman–Crippen LogP) is 3.31. The van der Waals surface area contributed by atoms with Gasteiger partial charge in [-0.1, -0.05) is 17.2 Å². The summed E-state index contributed by atoms with van der Waals surface area (Å²) in [5, 5.41) is 20.9.